The minimum Gasteiger partial charge on any atom is -0.738 e. The molecule has 33 heavy (non-hydrogen) atoms. The molecule has 1 heterocycles. The van der Waals surface area contributed by atoms with Crippen LogP contribution in [-0.2, 0) is 17.4 Å². The number of benzene rings is 2. The van der Waals surface area contributed by atoms with Crippen molar-refractivity contribution in [3.8, 4) is 5.69 Å². The minimum atomic E-state index is -1.03. The fraction of sp³-hybridized carbons (Fsp3) is 0.364. The van der Waals surface area contributed by atoms with Crippen molar-refractivity contribution in [3.05, 3.63) is 53.6 Å². The number of carboxylic acids is 1. The molecule has 0 fully saturated rings. The second kappa shape index (κ2) is 14.3. The number of nitrogens with one attached hydrogen (secondary N) is 1. The fourth-order valence-electron chi connectivity index (χ4n) is 3.74. The van der Waals surface area contributed by atoms with Crippen molar-refractivity contribution in [2.24, 2.45) is 0 Å². The van der Waals surface area contributed by atoms with Crippen molar-refractivity contribution in [2.75, 3.05) is 16.8 Å². The summed E-state index contributed by atoms with van der Waals surface area (Å²) in [5.74, 6) is -1.03. The molecule has 0 amide bonds. The van der Waals surface area contributed by atoms with Gasteiger partial charge in [-0.25, -0.2) is 4.68 Å². The molecule has 1 unspecified atom stereocenters. The predicted octanol–water partition coefficient (Wildman–Crippen LogP) is -3.62. The number of aliphatic carboxylic acids is 1. The van der Waals surface area contributed by atoms with Crippen LogP contribution in [0.25, 0.3) is 5.69 Å². The van der Waals surface area contributed by atoms with Crippen LogP contribution in [0.2, 0.25) is 0 Å². The average molecular weight is 485 g/mol. The molecule has 1 aromatic heterocycles. The number of tetrazole rings is 1. The summed E-state index contributed by atoms with van der Waals surface area (Å²) in [6.07, 6.45) is 1.28. The molecule has 0 saturated heterocycles. The zero-order valence-electron chi connectivity index (χ0n) is 19.9. The molecule has 3 rings (SSSR count). The molecule has 0 radical (unpaired) electrons. The van der Waals surface area contributed by atoms with Gasteiger partial charge in [0.05, 0.1) is 11.9 Å². The van der Waals surface area contributed by atoms with Crippen LogP contribution >= 0.6 is 0 Å². The van der Waals surface area contributed by atoms with Crippen molar-refractivity contribution >= 4 is 30.0 Å². The van der Waals surface area contributed by atoms with E-state index in [1.807, 2.05) is 30.3 Å². The minimum absolute atomic E-state index is 0. The maximum absolute atomic E-state index is 11.0. The molecule has 164 valence electrons. The Morgan fingerprint density at radius 2 is 1.85 bits per heavy atom. The number of hydrogen-bond donors (Lipinski definition) is 1. The van der Waals surface area contributed by atoms with E-state index in [-0.39, 0.29) is 71.7 Å². The van der Waals surface area contributed by atoms with Crippen LogP contribution < -0.4 is 74.4 Å². The Bertz CT molecular complexity index is 1030. The summed E-state index contributed by atoms with van der Waals surface area (Å²) in [6, 6.07) is 13.9. The zero-order valence-corrected chi connectivity index (χ0v) is 24.7. The van der Waals surface area contributed by atoms with Gasteiger partial charge in [-0.15, -0.1) is 5.10 Å². The first-order valence-corrected chi connectivity index (χ1v) is 10.7. The van der Waals surface area contributed by atoms with Gasteiger partial charge in [-0.3, -0.25) is 0 Å². The summed E-state index contributed by atoms with van der Waals surface area (Å²) < 4.78 is 1.50. The van der Waals surface area contributed by atoms with E-state index >= 15 is 0 Å². The number of para-hydroxylation sites is 1. The smallest absolute Gasteiger partial charge is 0.738 e. The molecular formula is C22H26N6Na2O2S. The number of anilines is 2. The third-order valence-corrected chi connectivity index (χ3v) is 5.39. The second-order valence-corrected chi connectivity index (χ2v) is 7.77. The van der Waals surface area contributed by atoms with Gasteiger partial charge in [-0.05, 0) is 72.9 Å². The molecule has 8 nitrogen and oxygen atoms in total. The van der Waals surface area contributed by atoms with Crippen molar-refractivity contribution in [2.45, 2.75) is 51.4 Å². The van der Waals surface area contributed by atoms with E-state index in [0.29, 0.717) is 18.1 Å². The molecule has 1 N–H and O–H groups in total. The van der Waals surface area contributed by atoms with Crippen LogP contribution in [-0.4, -0.2) is 38.9 Å². The van der Waals surface area contributed by atoms with Gasteiger partial charge in [0.25, 0.3) is 0 Å². The zero-order chi connectivity index (χ0) is 22.4. The van der Waals surface area contributed by atoms with Crippen molar-refractivity contribution in [1.29, 1.82) is 0 Å². The van der Waals surface area contributed by atoms with Crippen LogP contribution in [0.3, 0.4) is 0 Å². The number of carbonyl (C=O) groups is 1. The van der Waals surface area contributed by atoms with Gasteiger partial charge in [0.1, 0.15) is 0 Å². The predicted molar refractivity (Wildman–Crippen MR) is 120 cm³/mol. The molecule has 0 aliphatic rings. The van der Waals surface area contributed by atoms with Crippen LogP contribution in [0.4, 0.5) is 11.4 Å². The van der Waals surface area contributed by atoms with Crippen LogP contribution in [0.1, 0.15) is 37.3 Å². The number of aryl methyl sites for hydroxylation is 2. The molecule has 0 aliphatic carbocycles. The van der Waals surface area contributed by atoms with Crippen molar-refractivity contribution in [3.63, 3.8) is 0 Å². The Kier molecular flexibility index (Phi) is 12.9. The number of carboxylic acid groups (broad SMARTS) is 1. The van der Waals surface area contributed by atoms with Gasteiger partial charge in [0.2, 0.25) is 0 Å². The van der Waals surface area contributed by atoms with Gasteiger partial charge < -0.3 is 32.7 Å². The summed E-state index contributed by atoms with van der Waals surface area (Å²) in [6.45, 7) is 6.84. The van der Waals surface area contributed by atoms with Gasteiger partial charge >= 0.3 is 59.1 Å². The number of aromatic nitrogens is 4. The SMILES string of the molecule is CCC(Nc1cccc(-n2nnnc2[S-])c1)N(CCCC(=O)[O-])c1c(C)cccc1C.[Na+].[Na+]. The van der Waals surface area contributed by atoms with Crippen LogP contribution in [0.5, 0.6) is 0 Å². The van der Waals surface area contributed by atoms with E-state index in [1.165, 1.54) is 4.68 Å². The van der Waals surface area contributed by atoms with Gasteiger partial charge in [-0.2, -0.15) is 0 Å². The Hall–Kier alpha value is -1.20. The molecule has 11 heteroatoms. The Morgan fingerprint density at radius 1 is 1.18 bits per heavy atom. The molecule has 0 aliphatic heterocycles. The first-order chi connectivity index (χ1) is 14.9. The molecule has 3 aromatic rings. The van der Waals surface area contributed by atoms with Crippen molar-refractivity contribution < 1.29 is 69.0 Å². The second-order valence-electron chi connectivity index (χ2n) is 7.40. The summed E-state index contributed by atoms with van der Waals surface area (Å²) in [4.78, 5) is 13.2. The standard InChI is InChI=1S/C22H28N6O2S.2Na/c1-4-19(23-17-10-6-11-18(14-17)28-22(31)24-25-26-28)27(13-7-12-20(29)30)21-15(2)8-5-9-16(21)3;;/h5-6,8-11,14,19,23H,4,7,12-13H2,1-3H3,(H,29,30)(H,24,26,31);;/q;2*+1/p-2. The third kappa shape index (κ3) is 7.92. The van der Waals surface area contributed by atoms with Crippen LogP contribution in [0.15, 0.2) is 47.6 Å². The summed E-state index contributed by atoms with van der Waals surface area (Å²) >= 11 is 5.17. The van der Waals surface area contributed by atoms with Crippen LogP contribution in [0, 0.1) is 13.8 Å². The monoisotopic (exact) mass is 484 g/mol. The van der Waals surface area contributed by atoms with E-state index in [1.54, 1.807) is 0 Å². The molecule has 1 atom stereocenters. The Labute approximate surface area is 244 Å². The Morgan fingerprint density at radius 3 is 2.42 bits per heavy atom. The normalized spacial score (nSPS) is 11.1. The maximum atomic E-state index is 11.0. The average Bonchev–Trinajstić information content (AvgIpc) is 3.17. The first-order valence-electron chi connectivity index (χ1n) is 10.3. The third-order valence-electron chi connectivity index (χ3n) is 5.13. The molecular weight excluding hydrogens is 458 g/mol. The largest absolute Gasteiger partial charge is 1.00 e. The fourth-order valence-corrected chi connectivity index (χ4v) is 3.92. The Balaban J connectivity index is 0.00000272. The van der Waals surface area contributed by atoms with Crippen molar-refractivity contribution in [1.82, 2.24) is 20.2 Å². The van der Waals surface area contributed by atoms with Gasteiger partial charge in [0, 0.05) is 29.0 Å². The first kappa shape index (κ1) is 29.8. The van der Waals surface area contributed by atoms with E-state index in [4.69, 9.17) is 12.6 Å². The molecule has 0 saturated carbocycles. The van der Waals surface area contributed by atoms with Gasteiger partial charge in [-0.1, -0.05) is 31.2 Å². The number of hydrogen-bond acceptors (Lipinski definition) is 8. The molecule has 0 spiro atoms. The van der Waals surface area contributed by atoms with E-state index in [2.05, 4.69) is 58.6 Å². The molecule has 2 aromatic carbocycles. The quantitative estimate of drug-likeness (QED) is 0.179. The summed E-state index contributed by atoms with van der Waals surface area (Å²) in [7, 11) is 0. The summed E-state index contributed by atoms with van der Waals surface area (Å²) in [5, 5.41) is 26.2. The number of rotatable bonds is 10. The maximum Gasteiger partial charge on any atom is 1.00 e. The van der Waals surface area contributed by atoms with E-state index in [0.717, 1.165) is 34.6 Å². The summed E-state index contributed by atoms with van der Waals surface area (Å²) in [5.41, 5.74) is 5.07. The van der Waals surface area contributed by atoms with E-state index < -0.39 is 5.97 Å². The molecule has 0 bridgehead atoms. The number of carbonyl (C=O) groups excluding carboxylic acids is 1. The van der Waals surface area contributed by atoms with E-state index in [9.17, 15) is 9.90 Å². The topological polar surface area (TPSA) is 99.0 Å². The number of nitrogens with zero attached hydrogens (tertiary/aromatic N) is 5. The van der Waals surface area contributed by atoms with Gasteiger partial charge in [0.15, 0.2) is 0 Å².